The van der Waals surface area contributed by atoms with Gasteiger partial charge in [-0.3, -0.25) is 9.59 Å². The molecule has 4 nitrogen and oxygen atoms in total. The molecule has 0 radical (unpaired) electrons. The molecular formula is C15H17NO3. The van der Waals surface area contributed by atoms with E-state index in [1.165, 1.54) is 0 Å². The van der Waals surface area contributed by atoms with Gasteiger partial charge in [0.2, 0.25) is 0 Å². The number of carbonyl (C=O) groups excluding carboxylic acids is 2. The molecule has 1 atom stereocenters. The quantitative estimate of drug-likeness (QED) is 0.704. The van der Waals surface area contributed by atoms with Gasteiger partial charge < -0.3 is 4.74 Å². The largest absolute Gasteiger partial charge is 0.450 e. The van der Waals surface area contributed by atoms with Crippen LogP contribution in [0.2, 0.25) is 0 Å². The molecule has 0 bridgehead atoms. The minimum absolute atomic E-state index is 0.0310. The molecule has 0 aliphatic carbocycles. The van der Waals surface area contributed by atoms with Gasteiger partial charge in [-0.05, 0) is 12.0 Å². The van der Waals surface area contributed by atoms with Crippen molar-refractivity contribution in [3.8, 4) is 6.07 Å². The van der Waals surface area contributed by atoms with Crippen LogP contribution in [0.25, 0.3) is 0 Å². The molecular weight excluding hydrogens is 242 g/mol. The molecule has 0 fully saturated rings. The summed E-state index contributed by atoms with van der Waals surface area (Å²) in [4.78, 5) is 23.4. The first-order valence-electron chi connectivity index (χ1n) is 6.26. The first-order valence-corrected chi connectivity index (χ1v) is 6.26. The Balaban J connectivity index is 2.65. The molecule has 0 spiro atoms. The lowest BCUT2D eigenvalue weighted by molar-refractivity contribution is -0.145. The van der Waals surface area contributed by atoms with Gasteiger partial charge in [0.25, 0.3) is 0 Å². The van der Waals surface area contributed by atoms with E-state index in [-0.39, 0.29) is 24.7 Å². The van der Waals surface area contributed by atoms with Gasteiger partial charge in [0.1, 0.15) is 11.9 Å². The predicted octanol–water partition coefficient (Wildman–Crippen LogP) is 2.28. The van der Waals surface area contributed by atoms with Crippen LogP contribution >= 0.6 is 0 Å². The van der Waals surface area contributed by atoms with Gasteiger partial charge in [-0.2, -0.15) is 5.26 Å². The summed E-state index contributed by atoms with van der Waals surface area (Å²) in [5.74, 6) is -0.833. The Morgan fingerprint density at radius 2 is 2.00 bits per heavy atom. The molecule has 0 heterocycles. The number of esters is 1. The molecule has 0 saturated heterocycles. The van der Waals surface area contributed by atoms with Crippen LogP contribution in [0.1, 0.15) is 25.3 Å². The maximum absolute atomic E-state index is 11.9. The Hall–Kier alpha value is -2.15. The summed E-state index contributed by atoms with van der Waals surface area (Å²) in [5, 5.41) is 8.35. The summed E-state index contributed by atoms with van der Waals surface area (Å²) in [6.45, 7) is 1.51. The topological polar surface area (TPSA) is 67.2 Å². The van der Waals surface area contributed by atoms with Crippen molar-refractivity contribution in [2.45, 2.75) is 26.2 Å². The highest BCUT2D eigenvalue weighted by Gasteiger charge is 2.21. The molecule has 19 heavy (non-hydrogen) atoms. The van der Waals surface area contributed by atoms with Crippen LogP contribution in [0.4, 0.5) is 0 Å². The molecule has 1 aromatic carbocycles. The fourth-order valence-electron chi connectivity index (χ4n) is 1.86. The number of rotatable bonds is 7. The van der Waals surface area contributed by atoms with Crippen molar-refractivity contribution >= 4 is 11.8 Å². The fraction of sp³-hybridized carbons (Fsp3) is 0.400. The standard InChI is InChI=1S/C15H17NO3/c1-2-14(17)13(11-15(18)19-9-8-16)10-12-6-4-3-5-7-12/h3-7,13H,2,9-11H2,1H3. The lowest BCUT2D eigenvalue weighted by atomic mass is 9.91. The second kappa shape index (κ2) is 8.04. The number of benzene rings is 1. The predicted molar refractivity (Wildman–Crippen MR) is 70.1 cm³/mol. The lowest BCUT2D eigenvalue weighted by Gasteiger charge is -2.14. The third-order valence-corrected chi connectivity index (χ3v) is 2.84. The van der Waals surface area contributed by atoms with E-state index >= 15 is 0 Å². The van der Waals surface area contributed by atoms with Crippen molar-refractivity contribution in [1.29, 1.82) is 5.26 Å². The second-order valence-electron chi connectivity index (χ2n) is 4.23. The molecule has 0 aliphatic rings. The van der Waals surface area contributed by atoms with Gasteiger partial charge in [0.05, 0.1) is 6.42 Å². The molecule has 1 aromatic rings. The zero-order chi connectivity index (χ0) is 14.1. The van der Waals surface area contributed by atoms with Gasteiger partial charge in [-0.15, -0.1) is 0 Å². The molecule has 0 aliphatic heterocycles. The van der Waals surface area contributed by atoms with E-state index in [2.05, 4.69) is 0 Å². The van der Waals surface area contributed by atoms with Crippen LogP contribution in [0.3, 0.4) is 0 Å². The number of hydrogen-bond acceptors (Lipinski definition) is 4. The first-order chi connectivity index (χ1) is 9.17. The Bertz CT molecular complexity index is 462. The highest BCUT2D eigenvalue weighted by atomic mass is 16.5. The second-order valence-corrected chi connectivity index (χ2v) is 4.23. The van der Waals surface area contributed by atoms with E-state index < -0.39 is 5.97 Å². The first kappa shape index (κ1) is 14.9. The Labute approximate surface area is 113 Å². The van der Waals surface area contributed by atoms with E-state index in [1.54, 1.807) is 13.0 Å². The number of ketones is 1. The molecule has 0 saturated carbocycles. The number of nitrogens with zero attached hydrogens (tertiary/aromatic N) is 1. The van der Waals surface area contributed by atoms with Crippen LogP contribution in [0, 0.1) is 17.2 Å². The summed E-state index contributed by atoms with van der Waals surface area (Å²) in [5.41, 5.74) is 1.02. The van der Waals surface area contributed by atoms with Crippen molar-refractivity contribution < 1.29 is 14.3 Å². The Morgan fingerprint density at radius 1 is 1.32 bits per heavy atom. The maximum atomic E-state index is 11.9. The van der Waals surface area contributed by atoms with Gasteiger partial charge in [0, 0.05) is 12.3 Å². The SMILES string of the molecule is CCC(=O)C(CC(=O)OCC#N)Cc1ccccc1. The summed E-state index contributed by atoms with van der Waals surface area (Å²) in [7, 11) is 0. The molecule has 0 N–H and O–H groups in total. The minimum Gasteiger partial charge on any atom is -0.450 e. The van der Waals surface area contributed by atoms with Gasteiger partial charge in [-0.25, -0.2) is 0 Å². The van der Waals surface area contributed by atoms with Crippen LogP contribution in [-0.4, -0.2) is 18.4 Å². The maximum Gasteiger partial charge on any atom is 0.307 e. The number of nitriles is 1. The highest BCUT2D eigenvalue weighted by Crippen LogP contribution is 2.16. The molecule has 0 aromatic heterocycles. The Kier molecular flexibility index (Phi) is 6.31. The molecule has 0 amide bonds. The van der Waals surface area contributed by atoms with Crippen LogP contribution in [0.15, 0.2) is 30.3 Å². The Morgan fingerprint density at radius 3 is 2.58 bits per heavy atom. The number of ether oxygens (including phenoxy) is 1. The van der Waals surface area contributed by atoms with Crippen molar-refractivity contribution in [3.63, 3.8) is 0 Å². The summed E-state index contributed by atoms with van der Waals surface area (Å²) in [6.07, 6.45) is 0.946. The van der Waals surface area contributed by atoms with Crippen molar-refractivity contribution in [3.05, 3.63) is 35.9 Å². The van der Waals surface area contributed by atoms with Crippen molar-refractivity contribution in [2.75, 3.05) is 6.61 Å². The normalized spacial score (nSPS) is 11.4. The van der Waals surface area contributed by atoms with E-state index in [1.807, 2.05) is 30.3 Å². The third-order valence-electron chi connectivity index (χ3n) is 2.84. The molecule has 4 heteroatoms. The number of carbonyl (C=O) groups is 2. The lowest BCUT2D eigenvalue weighted by Crippen LogP contribution is -2.21. The van der Waals surface area contributed by atoms with Gasteiger partial charge in [0.15, 0.2) is 6.61 Å². The van der Waals surface area contributed by atoms with E-state index in [9.17, 15) is 9.59 Å². The van der Waals surface area contributed by atoms with E-state index in [4.69, 9.17) is 10.00 Å². The summed E-state index contributed by atoms with van der Waals surface area (Å²) in [6, 6.07) is 11.3. The number of hydrogen-bond donors (Lipinski definition) is 0. The molecule has 100 valence electrons. The average molecular weight is 259 g/mol. The zero-order valence-electron chi connectivity index (χ0n) is 11.0. The van der Waals surface area contributed by atoms with Crippen LogP contribution in [-0.2, 0) is 20.7 Å². The monoisotopic (exact) mass is 259 g/mol. The third kappa shape index (κ3) is 5.35. The van der Waals surface area contributed by atoms with Crippen molar-refractivity contribution in [2.24, 2.45) is 5.92 Å². The highest BCUT2D eigenvalue weighted by molar-refractivity contribution is 5.85. The zero-order valence-corrected chi connectivity index (χ0v) is 11.0. The molecule has 1 unspecified atom stereocenters. The molecule has 1 rings (SSSR count). The fourth-order valence-corrected chi connectivity index (χ4v) is 1.86. The average Bonchev–Trinajstić information content (AvgIpc) is 2.44. The van der Waals surface area contributed by atoms with E-state index in [0.717, 1.165) is 5.56 Å². The van der Waals surface area contributed by atoms with Gasteiger partial charge in [-0.1, -0.05) is 37.3 Å². The smallest absolute Gasteiger partial charge is 0.307 e. The summed E-state index contributed by atoms with van der Waals surface area (Å²) < 4.78 is 4.70. The van der Waals surface area contributed by atoms with Crippen LogP contribution < -0.4 is 0 Å². The van der Waals surface area contributed by atoms with E-state index in [0.29, 0.717) is 12.8 Å². The van der Waals surface area contributed by atoms with Crippen molar-refractivity contribution in [1.82, 2.24) is 0 Å². The van der Waals surface area contributed by atoms with Crippen LogP contribution in [0.5, 0.6) is 0 Å². The number of Topliss-reactive ketones (excluding diaryl/α,β-unsaturated/α-hetero) is 1. The summed E-state index contributed by atoms with van der Waals surface area (Å²) >= 11 is 0. The van der Waals surface area contributed by atoms with Gasteiger partial charge >= 0.3 is 5.97 Å². The minimum atomic E-state index is -0.496.